The number of hydrogen-bond donors (Lipinski definition) is 2. The van der Waals surface area contributed by atoms with Gasteiger partial charge in [0, 0.05) is 18.3 Å². The second kappa shape index (κ2) is 8.31. The van der Waals surface area contributed by atoms with Crippen molar-refractivity contribution in [2.24, 2.45) is 0 Å². The molecule has 0 spiro atoms. The van der Waals surface area contributed by atoms with E-state index in [0.717, 1.165) is 24.5 Å². The van der Waals surface area contributed by atoms with Gasteiger partial charge in [-0.25, -0.2) is 0 Å². The lowest BCUT2D eigenvalue weighted by Gasteiger charge is -2.11. The molecule has 1 atom stereocenters. The van der Waals surface area contributed by atoms with Gasteiger partial charge in [-0.1, -0.05) is 25.2 Å². The van der Waals surface area contributed by atoms with Crippen molar-refractivity contribution in [3.05, 3.63) is 5.01 Å². The van der Waals surface area contributed by atoms with Gasteiger partial charge in [-0.15, -0.1) is 10.2 Å². The molecule has 1 rings (SSSR count). The Bertz CT molecular complexity index is 370. The number of aromatic nitrogens is 2. The minimum absolute atomic E-state index is 0.138. The van der Waals surface area contributed by atoms with Crippen LogP contribution in [-0.2, 0) is 0 Å². The Morgan fingerprint density at radius 1 is 1.44 bits per heavy atom. The molecule has 1 aromatic rings. The van der Waals surface area contributed by atoms with Crippen molar-refractivity contribution in [3.63, 3.8) is 0 Å². The van der Waals surface area contributed by atoms with Crippen molar-refractivity contribution >= 4 is 34.1 Å². The lowest BCUT2D eigenvalue weighted by atomic mass is 10.4. The maximum atomic E-state index is 11.9. The maximum Gasteiger partial charge on any atom is 0.282 e. The number of thioether (sulfide) groups is 1. The van der Waals surface area contributed by atoms with Crippen molar-refractivity contribution in [3.8, 4) is 0 Å². The largest absolute Gasteiger partial charge is 0.360 e. The lowest BCUT2D eigenvalue weighted by molar-refractivity contribution is 0.0942. The normalized spacial score (nSPS) is 12.2. The first-order chi connectivity index (χ1) is 8.67. The molecule has 0 saturated carbocycles. The van der Waals surface area contributed by atoms with Crippen molar-refractivity contribution in [1.82, 2.24) is 15.5 Å². The van der Waals surface area contributed by atoms with Crippen LogP contribution in [0.1, 0.15) is 37.0 Å². The van der Waals surface area contributed by atoms with Gasteiger partial charge in [0.1, 0.15) is 0 Å². The van der Waals surface area contributed by atoms with Gasteiger partial charge in [-0.05, 0) is 19.1 Å². The summed E-state index contributed by atoms with van der Waals surface area (Å²) in [4.78, 5) is 11.9. The SMILES string of the molecule is CCCNc1nnc(C(=O)NC(C)CSCC)s1. The summed E-state index contributed by atoms with van der Waals surface area (Å²) < 4.78 is 0. The number of rotatable bonds is 8. The van der Waals surface area contributed by atoms with Crippen LogP contribution in [0.4, 0.5) is 5.13 Å². The minimum atomic E-state index is -0.138. The molecule has 0 aromatic carbocycles. The van der Waals surface area contributed by atoms with Crippen LogP contribution in [0, 0.1) is 0 Å². The molecule has 1 amide bonds. The second-order valence-electron chi connectivity index (χ2n) is 3.87. The van der Waals surface area contributed by atoms with Gasteiger partial charge >= 0.3 is 0 Å². The number of amides is 1. The highest BCUT2D eigenvalue weighted by atomic mass is 32.2. The third-order valence-electron chi connectivity index (χ3n) is 2.09. The summed E-state index contributed by atoms with van der Waals surface area (Å²) in [6.07, 6.45) is 1.02. The Kier molecular flexibility index (Phi) is 7.04. The molecule has 7 heteroatoms. The molecule has 0 fully saturated rings. The number of carbonyl (C=O) groups is 1. The maximum absolute atomic E-state index is 11.9. The van der Waals surface area contributed by atoms with E-state index in [-0.39, 0.29) is 11.9 Å². The Labute approximate surface area is 116 Å². The number of anilines is 1. The zero-order valence-corrected chi connectivity index (χ0v) is 12.7. The molecule has 1 aromatic heterocycles. The van der Waals surface area contributed by atoms with Crippen LogP contribution in [0.2, 0.25) is 0 Å². The van der Waals surface area contributed by atoms with E-state index in [9.17, 15) is 4.79 Å². The number of nitrogens with one attached hydrogen (secondary N) is 2. The summed E-state index contributed by atoms with van der Waals surface area (Å²) in [6, 6.07) is 0.151. The molecular weight excluding hydrogens is 268 g/mol. The van der Waals surface area contributed by atoms with Crippen molar-refractivity contribution < 1.29 is 4.79 Å². The zero-order valence-electron chi connectivity index (χ0n) is 11.0. The van der Waals surface area contributed by atoms with Gasteiger partial charge in [0.15, 0.2) is 0 Å². The van der Waals surface area contributed by atoms with E-state index >= 15 is 0 Å². The molecule has 0 saturated heterocycles. The molecule has 0 aliphatic rings. The van der Waals surface area contributed by atoms with Crippen LogP contribution in [0.5, 0.6) is 0 Å². The molecule has 5 nitrogen and oxygen atoms in total. The Morgan fingerprint density at radius 3 is 2.89 bits per heavy atom. The fourth-order valence-corrected chi connectivity index (χ4v) is 2.59. The van der Waals surface area contributed by atoms with E-state index in [2.05, 4.69) is 34.7 Å². The molecule has 0 bridgehead atoms. The van der Waals surface area contributed by atoms with Gasteiger partial charge in [0.25, 0.3) is 5.91 Å². The Hall–Kier alpha value is -0.820. The monoisotopic (exact) mass is 288 g/mol. The minimum Gasteiger partial charge on any atom is -0.360 e. The molecule has 102 valence electrons. The van der Waals surface area contributed by atoms with Gasteiger partial charge < -0.3 is 10.6 Å². The lowest BCUT2D eigenvalue weighted by Crippen LogP contribution is -2.34. The third kappa shape index (κ3) is 5.22. The van der Waals surface area contributed by atoms with Gasteiger partial charge in [-0.3, -0.25) is 4.79 Å². The molecule has 0 aliphatic heterocycles. The molecule has 0 radical (unpaired) electrons. The summed E-state index contributed by atoms with van der Waals surface area (Å²) in [5.74, 6) is 1.84. The standard InChI is InChI=1S/C11H20N4OS2/c1-4-6-12-11-15-14-10(18-11)9(16)13-8(3)7-17-5-2/h8H,4-7H2,1-3H3,(H,12,15)(H,13,16). The predicted molar refractivity (Wildman–Crippen MR) is 78.6 cm³/mol. The van der Waals surface area contributed by atoms with Crippen LogP contribution in [0.3, 0.4) is 0 Å². The average Bonchev–Trinajstić information content (AvgIpc) is 2.82. The molecule has 0 aliphatic carbocycles. The van der Waals surface area contributed by atoms with Gasteiger partial charge in [-0.2, -0.15) is 11.8 Å². The van der Waals surface area contributed by atoms with Gasteiger partial charge in [0.05, 0.1) is 0 Å². The summed E-state index contributed by atoms with van der Waals surface area (Å²) >= 11 is 3.10. The third-order valence-corrected chi connectivity index (χ3v) is 4.12. The summed E-state index contributed by atoms with van der Waals surface area (Å²) in [5, 5.41) is 15.0. The molecule has 18 heavy (non-hydrogen) atoms. The highest BCUT2D eigenvalue weighted by molar-refractivity contribution is 7.99. The first-order valence-electron chi connectivity index (χ1n) is 6.13. The quantitative estimate of drug-likeness (QED) is 0.768. The highest BCUT2D eigenvalue weighted by Crippen LogP contribution is 2.15. The molecule has 2 N–H and O–H groups in total. The first-order valence-corrected chi connectivity index (χ1v) is 8.10. The van der Waals surface area contributed by atoms with E-state index in [1.807, 2.05) is 18.7 Å². The Morgan fingerprint density at radius 2 is 2.22 bits per heavy atom. The smallest absolute Gasteiger partial charge is 0.282 e. The highest BCUT2D eigenvalue weighted by Gasteiger charge is 2.14. The number of carbonyl (C=O) groups excluding carboxylic acids is 1. The fraction of sp³-hybridized carbons (Fsp3) is 0.727. The molecule has 1 unspecified atom stereocenters. The number of hydrogen-bond acceptors (Lipinski definition) is 6. The van der Waals surface area contributed by atoms with Crippen LogP contribution in [-0.4, -0.2) is 40.2 Å². The summed E-state index contributed by atoms with van der Waals surface area (Å²) in [5.41, 5.74) is 0. The van der Waals surface area contributed by atoms with Crippen molar-refractivity contribution in [2.45, 2.75) is 33.2 Å². The average molecular weight is 288 g/mol. The van der Waals surface area contributed by atoms with E-state index in [1.165, 1.54) is 11.3 Å². The van der Waals surface area contributed by atoms with E-state index in [4.69, 9.17) is 0 Å². The van der Waals surface area contributed by atoms with E-state index < -0.39 is 0 Å². The zero-order chi connectivity index (χ0) is 13.4. The summed E-state index contributed by atoms with van der Waals surface area (Å²) in [6.45, 7) is 7.03. The first kappa shape index (κ1) is 15.2. The number of nitrogens with zero attached hydrogens (tertiary/aromatic N) is 2. The topological polar surface area (TPSA) is 66.9 Å². The molecular formula is C11H20N4OS2. The predicted octanol–water partition coefficient (Wildman–Crippen LogP) is 2.23. The van der Waals surface area contributed by atoms with E-state index in [0.29, 0.717) is 10.1 Å². The Balaban J connectivity index is 2.43. The van der Waals surface area contributed by atoms with Crippen molar-refractivity contribution in [2.75, 3.05) is 23.4 Å². The molecule has 1 heterocycles. The van der Waals surface area contributed by atoms with Gasteiger partial charge in [0.2, 0.25) is 10.1 Å². The van der Waals surface area contributed by atoms with Crippen LogP contribution < -0.4 is 10.6 Å². The fourth-order valence-electron chi connectivity index (χ4n) is 1.24. The summed E-state index contributed by atoms with van der Waals surface area (Å²) in [7, 11) is 0. The van der Waals surface area contributed by atoms with Crippen molar-refractivity contribution in [1.29, 1.82) is 0 Å². The second-order valence-corrected chi connectivity index (χ2v) is 6.17. The van der Waals surface area contributed by atoms with Crippen LogP contribution in [0.15, 0.2) is 0 Å². The van der Waals surface area contributed by atoms with Crippen LogP contribution in [0.25, 0.3) is 0 Å². The van der Waals surface area contributed by atoms with E-state index in [1.54, 1.807) is 0 Å². The van der Waals surface area contributed by atoms with Crippen LogP contribution >= 0.6 is 23.1 Å².